The number of thiophene rings is 1. The van der Waals surface area contributed by atoms with Gasteiger partial charge in [0.1, 0.15) is 12.2 Å². The van der Waals surface area contributed by atoms with Crippen LogP contribution in [0.15, 0.2) is 60.0 Å². The fraction of sp³-hybridized carbons (Fsp3) is 0.321. The molecule has 7 nitrogen and oxygen atoms in total. The minimum absolute atomic E-state index is 0.263. The number of carbonyl (C=O) groups excluding carboxylic acids is 3. The molecule has 0 fully saturated rings. The Bertz CT molecular complexity index is 1260. The van der Waals surface area contributed by atoms with E-state index < -0.39 is 30.1 Å². The Labute approximate surface area is 216 Å². The van der Waals surface area contributed by atoms with Gasteiger partial charge in [0.15, 0.2) is 0 Å². The van der Waals surface area contributed by atoms with E-state index in [0.29, 0.717) is 12.8 Å². The number of allylic oxidation sites excluding steroid dienone is 1. The van der Waals surface area contributed by atoms with Gasteiger partial charge >= 0.3 is 0 Å². The molecule has 1 heterocycles. The molecule has 8 heteroatoms. The predicted molar refractivity (Wildman–Crippen MR) is 146 cm³/mol. The van der Waals surface area contributed by atoms with Crippen molar-refractivity contribution in [3.05, 3.63) is 76.7 Å². The molecule has 0 spiro atoms. The summed E-state index contributed by atoms with van der Waals surface area (Å²) in [5.74, 6) is -1.07. The van der Waals surface area contributed by atoms with E-state index in [1.54, 1.807) is 18.3 Å². The highest BCUT2D eigenvalue weighted by Crippen LogP contribution is 2.27. The van der Waals surface area contributed by atoms with E-state index in [4.69, 9.17) is 5.73 Å². The van der Waals surface area contributed by atoms with E-state index in [-0.39, 0.29) is 5.91 Å². The van der Waals surface area contributed by atoms with Crippen LogP contribution in [0.1, 0.15) is 43.9 Å². The summed E-state index contributed by atoms with van der Waals surface area (Å²) in [5, 5.41) is 11.6. The molecule has 0 saturated heterocycles. The minimum atomic E-state index is -0.856. The molecule has 0 aliphatic carbocycles. The Kier molecular flexibility index (Phi) is 9.38. The number of aryl methyl sites for hydroxylation is 1. The van der Waals surface area contributed by atoms with Gasteiger partial charge in [0.05, 0.1) is 6.04 Å². The predicted octanol–water partition coefficient (Wildman–Crippen LogP) is 3.66. The summed E-state index contributed by atoms with van der Waals surface area (Å²) in [6.07, 6.45) is 2.02. The second kappa shape index (κ2) is 12.5. The Hall–Kier alpha value is -3.49. The fourth-order valence-electron chi connectivity index (χ4n) is 4.12. The second-order valence-electron chi connectivity index (χ2n) is 8.91. The van der Waals surface area contributed by atoms with Crippen molar-refractivity contribution < 1.29 is 14.4 Å². The molecule has 0 bridgehead atoms. The molecular weight excluding hydrogens is 472 g/mol. The molecule has 2 unspecified atom stereocenters. The number of nitrogens with one attached hydrogen (secondary N) is 3. The summed E-state index contributed by atoms with van der Waals surface area (Å²) in [4.78, 5) is 37.9. The van der Waals surface area contributed by atoms with Crippen molar-refractivity contribution in [1.82, 2.24) is 16.0 Å². The number of carbonyl (C=O) groups is 3. The monoisotopic (exact) mass is 506 g/mol. The Morgan fingerprint density at radius 3 is 2.36 bits per heavy atom. The minimum Gasteiger partial charge on any atom is -0.343 e. The zero-order chi connectivity index (χ0) is 26.2. The molecule has 3 aromatic rings. The zero-order valence-corrected chi connectivity index (χ0v) is 21.9. The van der Waals surface area contributed by atoms with Crippen LogP contribution in [0, 0.1) is 6.92 Å². The van der Waals surface area contributed by atoms with E-state index >= 15 is 0 Å². The zero-order valence-electron chi connectivity index (χ0n) is 21.1. The maximum atomic E-state index is 13.5. The van der Waals surface area contributed by atoms with Crippen LogP contribution in [0.4, 0.5) is 0 Å². The van der Waals surface area contributed by atoms with E-state index in [9.17, 15) is 14.4 Å². The Morgan fingerprint density at radius 2 is 1.69 bits per heavy atom. The summed E-state index contributed by atoms with van der Waals surface area (Å²) in [5.41, 5.74) is 9.88. The molecule has 3 amide bonds. The number of hydrogen-bond acceptors (Lipinski definition) is 5. The SMILES string of the molecule is C/C=C(/CC(NC(C)=O)NC(=O)[C@@H](Cc1csc2ccccc12)NC(=O)C(C)N)c1ccccc1C. The number of fused-ring (bicyclic) bond motifs is 1. The highest BCUT2D eigenvalue weighted by atomic mass is 32.1. The summed E-state index contributed by atoms with van der Waals surface area (Å²) in [6.45, 7) is 6.94. The third-order valence-electron chi connectivity index (χ3n) is 5.99. The first kappa shape index (κ1) is 27.1. The van der Waals surface area contributed by atoms with Gasteiger partial charge in [0.25, 0.3) is 0 Å². The first-order valence-corrected chi connectivity index (χ1v) is 12.9. The average molecular weight is 507 g/mol. The van der Waals surface area contributed by atoms with Gasteiger partial charge in [-0.05, 0) is 59.9 Å². The van der Waals surface area contributed by atoms with Crippen molar-refractivity contribution >= 4 is 44.7 Å². The van der Waals surface area contributed by atoms with Crippen molar-refractivity contribution in [3.63, 3.8) is 0 Å². The standard InChI is InChI=1S/C28H34N4O3S/c1-5-20(22-11-7-6-10-17(22)2)15-26(30-19(4)33)32-28(35)24(31-27(34)18(3)29)14-21-16-36-25-13-9-8-12-23(21)25/h5-13,16,18,24,26H,14-15,29H2,1-4H3,(H,30,33)(H,31,34)(H,32,35)/b20-5-/t18?,24-,26?/m1/s1. The fourth-order valence-corrected chi connectivity index (χ4v) is 5.09. The number of nitrogens with two attached hydrogens (primary N) is 1. The summed E-state index contributed by atoms with van der Waals surface area (Å²) < 4.78 is 1.11. The third kappa shape index (κ3) is 7.02. The van der Waals surface area contributed by atoms with E-state index in [2.05, 4.69) is 16.0 Å². The first-order chi connectivity index (χ1) is 17.2. The largest absolute Gasteiger partial charge is 0.343 e. The van der Waals surface area contributed by atoms with Gasteiger partial charge in [0.2, 0.25) is 17.7 Å². The van der Waals surface area contributed by atoms with Gasteiger partial charge in [-0.25, -0.2) is 0 Å². The Morgan fingerprint density at radius 1 is 1.00 bits per heavy atom. The van der Waals surface area contributed by atoms with E-state index in [0.717, 1.165) is 32.3 Å². The molecule has 0 saturated carbocycles. The topological polar surface area (TPSA) is 113 Å². The van der Waals surface area contributed by atoms with Crippen LogP contribution in [-0.2, 0) is 20.8 Å². The normalized spacial score (nSPS) is 14.1. The summed E-state index contributed by atoms with van der Waals surface area (Å²) >= 11 is 1.59. The molecule has 1 aromatic heterocycles. The third-order valence-corrected chi connectivity index (χ3v) is 7.00. The average Bonchev–Trinajstić information content (AvgIpc) is 3.24. The van der Waals surface area contributed by atoms with E-state index in [1.807, 2.05) is 73.8 Å². The summed E-state index contributed by atoms with van der Waals surface area (Å²) in [7, 11) is 0. The lowest BCUT2D eigenvalue weighted by Gasteiger charge is -2.26. The number of benzene rings is 2. The Balaban J connectivity index is 1.84. The van der Waals surface area contributed by atoms with Crippen LogP contribution in [-0.4, -0.2) is 36.0 Å². The molecule has 190 valence electrons. The lowest BCUT2D eigenvalue weighted by molar-refractivity contribution is -0.130. The van der Waals surface area contributed by atoms with Crippen molar-refractivity contribution in [2.75, 3.05) is 0 Å². The lowest BCUT2D eigenvalue weighted by atomic mass is 9.96. The molecule has 0 radical (unpaired) electrons. The van der Waals surface area contributed by atoms with Crippen LogP contribution in [0.5, 0.6) is 0 Å². The van der Waals surface area contributed by atoms with Gasteiger partial charge in [0, 0.05) is 24.5 Å². The lowest BCUT2D eigenvalue weighted by Crippen LogP contribution is -2.56. The van der Waals surface area contributed by atoms with Crippen LogP contribution in [0.2, 0.25) is 0 Å². The van der Waals surface area contributed by atoms with Crippen molar-refractivity contribution in [2.24, 2.45) is 5.73 Å². The van der Waals surface area contributed by atoms with Crippen LogP contribution >= 0.6 is 11.3 Å². The van der Waals surface area contributed by atoms with Gasteiger partial charge in [-0.3, -0.25) is 14.4 Å². The molecule has 3 rings (SSSR count). The quantitative estimate of drug-likeness (QED) is 0.314. The maximum absolute atomic E-state index is 13.5. The molecule has 5 N–H and O–H groups in total. The van der Waals surface area contributed by atoms with Gasteiger partial charge in [-0.15, -0.1) is 11.3 Å². The summed E-state index contributed by atoms with van der Waals surface area (Å²) in [6, 6.07) is 14.3. The second-order valence-corrected chi connectivity index (χ2v) is 9.82. The van der Waals surface area contributed by atoms with Gasteiger partial charge in [-0.2, -0.15) is 0 Å². The van der Waals surface area contributed by atoms with Crippen molar-refractivity contribution in [3.8, 4) is 0 Å². The number of rotatable bonds is 10. The highest BCUT2D eigenvalue weighted by Gasteiger charge is 2.26. The van der Waals surface area contributed by atoms with E-state index in [1.165, 1.54) is 6.92 Å². The highest BCUT2D eigenvalue weighted by molar-refractivity contribution is 7.17. The number of hydrogen-bond donors (Lipinski definition) is 4. The molecule has 0 aliphatic heterocycles. The molecule has 36 heavy (non-hydrogen) atoms. The molecular formula is C28H34N4O3S. The van der Waals surface area contributed by atoms with Crippen molar-refractivity contribution in [1.29, 1.82) is 0 Å². The molecule has 3 atom stereocenters. The van der Waals surface area contributed by atoms with Gasteiger partial charge < -0.3 is 21.7 Å². The van der Waals surface area contributed by atoms with Crippen molar-refractivity contribution in [2.45, 2.75) is 58.8 Å². The van der Waals surface area contributed by atoms with Crippen LogP contribution < -0.4 is 21.7 Å². The number of amides is 3. The maximum Gasteiger partial charge on any atom is 0.244 e. The first-order valence-electron chi connectivity index (χ1n) is 12.0. The van der Waals surface area contributed by atoms with Crippen LogP contribution in [0.3, 0.4) is 0 Å². The van der Waals surface area contributed by atoms with Crippen LogP contribution in [0.25, 0.3) is 15.7 Å². The molecule has 0 aliphatic rings. The van der Waals surface area contributed by atoms with Gasteiger partial charge in [-0.1, -0.05) is 48.5 Å². The molecule has 2 aromatic carbocycles. The smallest absolute Gasteiger partial charge is 0.244 e.